The molecule has 0 radical (unpaired) electrons. The summed E-state index contributed by atoms with van der Waals surface area (Å²) < 4.78 is 27.5. The van der Waals surface area contributed by atoms with E-state index in [0.29, 0.717) is 18.7 Å². The molecule has 5 rings (SSSR count). The van der Waals surface area contributed by atoms with Gasteiger partial charge in [-0.2, -0.15) is 0 Å². The molecule has 0 atom stereocenters. The molecule has 2 aromatic carbocycles. The van der Waals surface area contributed by atoms with Crippen molar-refractivity contribution >= 4 is 11.6 Å². The van der Waals surface area contributed by atoms with Crippen LogP contribution in [0.1, 0.15) is 16.8 Å². The zero-order valence-electron chi connectivity index (χ0n) is 17.3. The van der Waals surface area contributed by atoms with Gasteiger partial charge in [-0.3, -0.25) is 4.90 Å². The highest BCUT2D eigenvalue weighted by Gasteiger charge is 2.23. The van der Waals surface area contributed by atoms with Crippen molar-refractivity contribution in [3.8, 4) is 0 Å². The van der Waals surface area contributed by atoms with E-state index < -0.39 is 11.6 Å². The Labute approximate surface area is 181 Å². The van der Waals surface area contributed by atoms with Gasteiger partial charge in [0, 0.05) is 75.2 Å². The van der Waals surface area contributed by atoms with E-state index in [0.717, 1.165) is 62.4 Å². The van der Waals surface area contributed by atoms with E-state index in [4.69, 9.17) is 4.98 Å². The van der Waals surface area contributed by atoms with Crippen molar-refractivity contribution in [2.24, 2.45) is 0 Å². The van der Waals surface area contributed by atoms with Gasteiger partial charge < -0.3 is 9.80 Å². The summed E-state index contributed by atoms with van der Waals surface area (Å²) in [5, 5.41) is 0. The number of hydrogen-bond donors (Lipinski definition) is 0. The number of halogens is 2. The second kappa shape index (κ2) is 8.59. The smallest absolute Gasteiger partial charge is 0.225 e. The summed E-state index contributed by atoms with van der Waals surface area (Å²) in [5.74, 6) is -0.763. The van der Waals surface area contributed by atoms with Crippen molar-refractivity contribution in [1.29, 1.82) is 0 Å². The standard InChI is InChI=1S/C24H25F2N5/c25-21-8-4-5-18(23(21)26)16-29-10-9-22-19(17-29)15-27-24(28-22)31-13-11-30(12-14-31)20-6-2-1-3-7-20/h1-8,15H,9-14,16-17H2. The molecule has 0 bridgehead atoms. The van der Waals surface area contributed by atoms with Gasteiger partial charge in [-0.25, -0.2) is 18.7 Å². The SMILES string of the molecule is Fc1cccc(CN2CCc3nc(N4CCN(c5ccccc5)CC4)ncc3C2)c1F. The molecule has 3 aromatic rings. The Kier molecular flexibility index (Phi) is 5.51. The third kappa shape index (κ3) is 4.23. The normalized spacial score (nSPS) is 17.0. The lowest BCUT2D eigenvalue weighted by Crippen LogP contribution is -2.47. The van der Waals surface area contributed by atoms with Crippen molar-refractivity contribution in [2.45, 2.75) is 19.5 Å². The average Bonchev–Trinajstić information content (AvgIpc) is 2.82. The second-order valence-corrected chi connectivity index (χ2v) is 8.13. The van der Waals surface area contributed by atoms with Crippen LogP contribution in [-0.4, -0.2) is 47.6 Å². The topological polar surface area (TPSA) is 35.5 Å². The summed E-state index contributed by atoms with van der Waals surface area (Å²) in [6.07, 6.45) is 2.68. The van der Waals surface area contributed by atoms with Gasteiger partial charge >= 0.3 is 0 Å². The second-order valence-electron chi connectivity index (χ2n) is 8.13. The molecule has 5 nitrogen and oxygen atoms in total. The molecule has 0 aliphatic carbocycles. The Morgan fingerprint density at radius 1 is 0.839 bits per heavy atom. The summed E-state index contributed by atoms with van der Waals surface area (Å²) in [6, 6.07) is 14.8. The number of aromatic nitrogens is 2. The average molecular weight is 421 g/mol. The maximum atomic E-state index is 14.0. The van der Waals surface area contributed by atoms with Gasteiger partial charge in [-0.05, 0) is 18.2 Å². The van der Waals surface area contributed by atoms with E-state index in [-0.39, 0.29) is 0 Å². The van der Waals surface area contributed by atoms with Gasteiger partial charge in [0.05, 0.1) is 5.69 Å². The first kappa shape index (κ1) is 19.9. The lowest BCUT2D eigenvalue weighted by atomic mass is 10.1. The third-order valence-electron chi connectivity index (χ3n) is 6.11. The highest BCUT2D eigenvalue weighted by Crippen LogP contribution is 2.23. The predicted octanol–water partition coefficient (Wildman–Crippen LogP) is 3.64. The zero-order chi connectivity index (χ0) is 21.2. The lowest BCUT2D eigenvalue weighted by molar-refractivity contribution is 0.238. The van der Waals surface area contributed by atoms with E-state index in [2.05, 4.69) is 43.9 Å². The number of fused-ring (bicyclic) bond motifs is 1. The van der Waals surface area contributed by atoms with Gasteiger partial charge in [0.1, 0.15) is 0 Å². The zero-order valence-corrected chi connectivity index (χ0v) is 17.3. The van der Waals surface area contributed by atoms with E-state index in [1.54, 1.807) is 12.1 Å². The van der Waals surface area contributed by atoms with Crippen molar-refractivity contribution in [1.82, 2.24) is 14.9 Å². The fraction of sp³-hybridized carbons (Fsp3) is 0.333. The molecule has 1 fully saturated rings. The predicted molar refractivity (Wildman–Crippen MR) is 117 cm³/mol. The number of piperazine rings is 1. The molecule has 2 aliphatic heterocycles. The fourth-order valence-electron chi connectivity index (χ4n) is 4.37. The molecule has 1 aromatic heterocycles. The van der Waals surface area contributed by atoms with Crippen LogP contribution in [0.4, 0.5) is 20.4 Å². The molecule has 2 aliphatic rings. The highest BCUT2D eigenvalue weighted by molar-refractivity contribution is 5.48. The molecule has 0 unspecified atom stereocenters. The van der Waals surface area contributed by atoms with Gasteiger partial charge in [-0.1, -0.05) is 30.3 Å². The minimum absolute atomic E-state index is 0.381. The van der Waals surface area contributed by atoms with Gasteiger partial charge in [0.2, 0.25) is 5.95 Å². The first-order valence-corrected chi connectivity index (χ1v) is 10.7. The Hall–Kier alpha value is -3.06. The molecule has 3 heterocycles. The summed E-state index contributed by atoms with van der Waals surface area (Å²) in [5.41, 5.74) is 3.77. The number of para-hydroxylation sites is 1. The Bertz CT molecular complexity index is 1050. The van der Waals surface area contributed by atoms with Crippen LogP contribution in [0.2, 0.25) is 0 Å². The van der Waals surface area contributed by atoms with E-state index >= 15 is 0 Å². The maximum Gasteiger partial charge on any atom is 0.225 e. The maximum absolute atomic E-state index is 14.0. The van der Waals surface area contributed by atoms with E-state index in [1.807, 2.05) is 12.3 Å². The summed E-state index contributed by atoms with van der Waals surface area (Å²) in [7, 11) is 0. The summed E-state index contributed by atoms with van der Waals surface area (Å²) in [4.78, 5) is 16.2. The minimum Gasteiger partial charge on any atom is -0.368 e. The minimum atomic E-state index is -0.796. The molecule has 0 spiro atoms. The van der Waals surface area contributed by atoms with Crippen LogP contribution in [-0.2, 0) is 19.5 Å². The molecule has 160 valence electrons. The number of nitrogens with zero attached hydrogens (tertiary/aromatic N) is 5. The van der Waals surface area contributed by atoms with Crippen molar-refractivity contribution in [3.05, 3.63) is 83.2 Å². The monoisotopic (exact) mass is 421 g/mol. The fourth-order valence-corrected chi connectivity index (χ4v) is 4.37. The largest absolute Gasteiger partial charge is 0.368 e. The highest BCUT2D eigenvalue weighted by atomic mass is 19.2. The van der Waals surface area contributed by atoms with Gasteiger partial charge in [0.25, 0.3) is 0 Å². The molecule has 0 saturated carbocycles. The summed E-state index contributed by atoms with van der Waals surface area (Å²) >= 11 is 0. The van der Waals surface area contributed by atoms with Gasteiger partial charge in [-0.15, -0.1) is 0 Å². The molecular formula is C24H25F2N5. The first-order valence-electron chi connectivity index (χ1n) is 10.7. The Morgan fingerprint density at radius 2 is 1.61 bits per heavy atom. The molecular weight excluding hydrogens is 396 g/mol. The lowest BCUT2D eigenvalue weighted by Gasteiger charge is -2.36. The van der Waals surface area contributed by atoms with Crippen LogP contribution >= 0.6 is 0 Å². The van der Waals surface area contributed by atoms with Crippen molar-refractivity contribution in [3.63, 3.8) is 0 Å². The first-order chi connectivity index (χ1) is 15.2. The van der Waals surface area contributed by atoms with Crippen molar-refractivity contribution < 1.29 is 8.78 Å². The van der Waals surface area contributed by atoms with Crippen LogP contribution in [0.25, 0.3) is 0 Å². The van der Waals surface area contributed by atoms with Crippen LogP contribution in [0.5, 0.6) is 0 Å². The quantitative estimate of drug-likeness (QED) is 0.643. The molecule has 0 N–H and O–H groups in total. The molecule has 7 heteroatoms. The van der Waals surface area contributed by atoms with Crippen molar-refractivity contribution in [2.75, 3.05) is 42.5 Å². The van der Waals surface area contributed by atoms with E-state index in [1.165, 1.54) is 5.69 Å². The molecule has 31 heavy (non-hydrogen) atoms. The summed E-state index contributed by atoms with van der Waals surface area (Å²) in [6.45, 7) is 5.45. The van der Waals surface area contributed by atoms with Crippen LogP contribution in [0, 0.1) is 11.6 Å². The van der Waals surface area contributed by atoms with Crippen LogP contribution in [0.3, 0.4) is 0 Å². The molecule has 0 amide bonds. The number of anilines is 2. The van der Waals surface area contributed by atoms with Crippen LogP contribution in [0.15, 0.2) is 54.7 Å². The molecule has 1 saturated heterocycles. The Balaban J connectivity index is 1.23. The Morgan fingerprint density at radius 3 is 2.42 bits per heavy atom. The van der Waals surface area contributed by atoms with Crippen LogP contribution < -0.4 is 9.80 Å². The van der Waals surface area contributed by atoms with Gasteiger partial charge in [0.15, 0.2) is 11.6 Å². The number of benzene rings is 2. The van der Waals surface area contributed by atoms with E-state index in [9.17, 15) is 8.78 Å². The third-order valence-corrected chi connectivity index (χ3v) is 6.11. The number of rotatable bonds is 4. The number of hydrogen-bond acceptors (Lipinski definition) is 5.